The molecular weight excluding hydrogens is 198 g/mol. The number of ketones is 1. The van der Waals surface area contributed by atoms with Gasteiger partial charge in [-0.3, -0.25) is 4.79 Å². The van der Waals surface area contributed by atoms with Crippen molar-refractivity contribution in [2.45, 2.75) is 13.3 Å². The number of Topliss-reactive ketones (excluding diaryl/α,β-unsaturated/α-hetero) is 1. The van der Waals surface area contributed by atoms with Crippen LogP contribution in [-0.4, -0.2) is 5.78 Å². The fourth-order valence-electron chi connectivity index (χ4n) is 1.05. The van der Waals surface area contributed by atoms with Crippen LogP contribution in [0.4, 0.5) is 5.69 Å². The quantitative estimate of drug-likeness (QED) is 0.460. The van der Waals surface area contributed by atoms with Crippen molar-refractivity contribution in [3.05, 3.63) is 28.8 Å². The van der Waals surface area contributed by atoms with Crippen LogP contribution in [0.25, 0.3) is 0 Å². The number of hydrogen-bond donors (Lipinski definition) is 1. The Kier molecular flexibility index (Phi) is 3.55. The summed E-state index contributed by atoms with van der Waals surface area (Å²) in [6.07, 6.45) is 0.197. The molecule has 0 heterocycles. The Hall–Kier alpha value is -1.46. The van der Waals surface area contributed by atoms with E-state index in [-0.39, 0.29) is 12.2 Å². The Morgan fingerprint density at radius 2 is 2.29 bits per heavy atom. The predicted molar refractivity (Wildman–Crippen MR) is 58.3 cm³/mol. The molecule has 1 aromatic carbocycles. The van der Waals surface area contributed by atoms with Gasteiger partial charge in [-0.05, 0) is 25.1 Å². The van der Waals surface area contributed by atoms with Gasteiger partial charge in [0.25, 0.3) is 0 Å². The van der Waals surface area contributed by atoms with Gasteiger partial charge in [-0.1, -0.05) is 17.5 Å². The van der Waals surface area contributed by atoms with Crippen LogP contribution in [0.3, 0.4) is 0 Å². The van der Waals surface area contributed by atoms with Gasteiger partial charge in [0.1, 0.15) is 0 Å². The first kappa shape index (κ1) is 10.6. The fraction of sp³-hybridized carbons (Fsp3) is 0.182. The van der Waals surface area contributed by atoms with E-state index >= 15 is 0 Å². The SMILES string of the molecule is CC#CCC(=O)c1ccc(Cl)cc1N. The van der Waals surface area contributed by atoms with Crippen molar-refractivity contribution in [2.24, 2.45) is 0 Å². The number of halogens is 1. The topological polar surface area (TPSA) is 43.1 Å². The molecule has 0 saturated heterocycles. The van der Waals surface area contributed by atoms with E-state index in [4.69, 9.17) is 17.3 Å². The van der Waals surface area contributed by atoms with Crippen LogP contribution < -0.4 is 5.73 Å². The van der Waals surface area contributed by atoms with E-state index in [0.29, 0.717) is 16.3 Å². The molecule has 1 rings (SSSR count). The molecule has 0 aromatic heterocycles. The summed E-state index contributed by atoms with van der Waals surface area (Å²) in [7, 11) is 0. The molecule has 1 aromatic rings. The maximum absolute atomic E-state index is 11.5. The average Bonchev–Trinajstić information content (AvgIpc) is 2.14. The largest absolute Gasteiger partial charge is 0.398 e. The summed E-state index contributed by atoms with van der Waals surface area (Å²) in [5.74, 6) is 5.29. The molecule has 0 bridgehead atoms. The number of rotatable bonds is 2. The zero-order valence-corrected chi connectivity index (χ0v) is 8.56. The summed E-state index contributed by atoms with van der Waals surface area (Å²) in [5, 5.41) is 0.528. The summed E-state index contributed by atoms with van der Waals surface area (Å²) < 4.78 is 0. The lowest BCUT2D eigenvalue weighted by molar-refractivity contribution is 0.0999. The lowest BCUT2D eigenvalue weighted by atomic mass is 10.1. The third-order valence-electron chi connectivity index (χ3n) is 1.74. The van der Waals surface area contributed by atoms with E-state index < -0.39 is 0 Å². The maximum Gasteiger partial charge on any atom is 0.176 e. The van der Waals surface area contributed by atoms with Gasteiger partial charge in [-0.2, -0.15) is 0 Å². The van der Waals surface area contributed by atoms with Gasteiger partial charge in [0.2, 0.25) is 0 Å². The van der Waals surface area contributed by atoms with Gasteiger partial charge in [0, 0.05) is 16.3 Å². The number of anilines is 1. The second-order valence-corrected chi connectivity index (χ2v) is 3.19. The lowest BCUT2D eigenvalue weighted by Gasteiger charge is -2.02. The minimum atomic E-state index is -0.0754. The molecule has 0 spiro atoms. The summed E-state index contributed by atoms with van der Waals surface area (Å²) in [6.45, 7) is 1.69. The fourth-order valence-corrected chi connectivity index (χ4v) is 1.23. The van der Waals surface area contributed by atoms with E-state index in [2.05, 4.69) is 11.8 Å². The molecule has 14 heavy (non-hydrogen) atoms. The van der Waals surface area contributed by atoms with E-state index in [1.54, 1.807) is 25.1 Å². The Bertz CT molecular complexity index is 415. The Balaban J connectivity index is 2.94. The standard InChI is InChI=1S/C11H10ClNO/c1-2-3-4-11(14)9-6-5-8(12)7-10(9)13/h5-7H,4,13H2,1H3. The smallest absolute Gasteiger partial charge is 0.176 e. The highest BCUT2D eigenvalue weighted by Crippen LogP contribution is 2.19. The number of hydrogen-bond acceptors (Lipinski definition) is 2. The highest BCUT2D eigenvalue weighted by molar-refractivity contribution is 6.31. The summed E-state index contributed by atoms with van der Waals surface area (Å²) in [6, 6.07) is 4.83. The molecule has 0 atom stereocenters. The lowest BCUT2D eigenvalue weighted by Crippen LogP contribution is -2.02. The Morgan fingerprint density at radius 3 is 2.86 bits per heavy atom. The predicted octanol–water partition coefficient (Wildman–Crippen LogP) is 2.52. The monoisotopic (exact) mass is 207 g/mol. The average molecular weight is 208 g/mol. The van der Waals surface area contributed by atoms with Crippen molar-refractivity contribution >= 4 is 23.1 Å². The number of carbonyl (C=O) groups is 1. The molecular formula is C11H10ClNO. The first-order valence-corrected chi connectivity index (χ1v) is 4.50. The van der Waals surface area contributed by atoms with Crippen LogP contribution in [0, 0.1) is 11.8 Å². The van der Waals surface area contributed by atoms with E-state index in [1.165, 1.54) is 0 Å². The number of benzene rings is 1. The molecule has 0 amide bonds. The highest BCUT2D eigenvalue weighted by atomic mass is 35.5. The molecule has 0 fully saturated rings. The van der Waals surface area contributed by atoms with E-state index in [9.17, 15) is 4.79 Å². The van der Waals surface area contributed by atoms with E-state index in [0.717, 1.165) is 0 Å². The second-order valence-electron chi connectivity index (χ2n) is 2.76. The summed E-state index contributed by atoms with van der Waals surface area (Å²) in [5.41, 5.74) is 6.53. The molecule has 2 N–H and O–H groups in total. The molecule has 0 aliphatic heterocycles. The second kappa shape index (κ2) is 4.69. The van der Waals surface area contributed by atoms with Crippen molar-refractivity contribution in [2.75, 3.05) is 5.73 Å². The van der Waals surface area contributed by atoms with Gasteiger partial charge in [0.05, 0.1) is 6.42 Å². The minimum Gasteiger partial charge on any atom is -0.398 e. The number of carbonyl (C=O) groups excluding carboxylic acids is 1. The van der Waals surface area contributed by atoms with Gasteiger partial charge in [-0.15, -0.1) is 5.92 Å². The zero-order chi connectivity index (χ0) is 10.6. The molecule has 3 heteroatoms. The third-order valence-corrected chi connectivity index (χ3v) is 1.97. The first-order valence-electron chi connectivity index (χ1n) is 4.13. The summed E-state index contributed by atoms with van der Waals surface area (Å²) in [4.78, 5) is 11.5. The minimum absolute atomic E-state index is 0.0754. The van der Waals surface area contributed by atoms with Crippen molar-refractivity contribution in [3.8, 4) is 11.8 Å². The van der Waals surface area contributed by atoms with Crippen LogP contribution in [0.5, 0.6) is 0 Å². The number of nitrogen functional groups attached to an aromatic ring is 1. The molecule has 0 aliphatic rings. The number of nitrogens with two attached hydrogens (primary N) is 1. The van der Waals surface area contributed by atoms with Crippen molar-refractivity contribution in [1.29, 1.82) is 0 Å². The van der Waals surface area contributed by atoms with Crippen LogP contribution in [-0.2, 0) is 0 Å². The van der Waals surface area contributed by atoms with Crippen molar-refractivity contribution in [1.82, 2.24) is 0 Å². The van der Waals surface area contributed by atoms with Crippen LogP contribution in [0.1, 0.15) is 23.7 Å². The molecule has 72 valence electrons. The Morgan fingerprint density at radius 1 is 1.57 bits per heavy atom. The van der Waals surface area contributed by atoms with Crippen LogP contribution in [0.15, 0.2) is 18.2 Å². The maximum atomic E-state index is 11.5. The van der Waals surface area contributed by atoms with Crippen LogP contribution >= 0.6 is 11.6 Å². The molecule has 0 unspecified atom stereocenters. The van der Waals surface area contributed by atoms with Gasteiger partial charge in [-0.25, -0.2) is 0 Å². The normalized spacial score (nSPS) is 9.00. The van der Waals surface area contributed by atoms with Crippen molar-refractivity contribution in [3.63, 3.8) is 0 Å². The molecule has 0 aliphatic carbocycles. The van der Waals surface area contributed by atoms with Gasteiger partial charge in [0.15, 0.2) is 5.78 Å². The first-order chi connectivity index (χ1) is 6.65. The molecule has 0 radical (unpaired) electrons. The molecule has 2 nitrogen and oxygen atoms in total. The van der Waals surface area contributed by atoms with Crippen molar-refractivity contribution < 1.29 is 4.79 Å². The van der Waals surface area contributed by atoms with E-state index in [1.807, 2.05) is 0 Å². The van der Waals surface area contributed by atoms with Crippen LogP contribution in [0.2, 0.25) is 5.02 Å². The summed E-state index contributed by atoms with van der Waals surface area (Å²) >= 11 is 5.71. The Labute approximate surface area is 88.1 Å². The highest BCUT2D eigenvalue weighted by Gasteiger charge is 2.07. The molecule has 0 saturated carbocycles. The zero-order valence-electron chi connectivity index (χ0n) is 7.80. The third kappa shape index (κ3) is 2.51. The van der Waals surface area contributed by atoms with Gasteiger partial charge >= 0.3 is 0 Å². The van der Waals surface area contributed by atoms with Gasteiger partial charge < -0.3 is 5.73 Å².